The number of hydrogen-bond acceptors (Lipinski definition) is 2. The molecule has 1 atom stereocenters. The fourth-order valence-electron chi connectivity index (χ4n) is 2.72. The third kappa shape index (κ3) is 2.30. The molecule has 0 radical (unpaired) electrons. The third-order valence-corrected chi connectivity index (χ3v) is 4.27. The molecule has 2 aromatic carbocycles. The van der Waals surface area contributed by atoms with Crippen LogP contribution in [-0.2, 0) is 6.42 Å². The standard InChI is InChI=1S/C17H17ClO2/c1-11-13(7-3-9-15(11)18)16(19)14-8-2-5-12-6-4-10-20-17(12)14/h2-3,5,7-9,16,19H,4,6,10H2,1H3. The topological polar surface area (TPSA) is 29.5 Å². The average molecular weight is 289 g/mol. The minimum Gasteiger partial charge on any atom is -0.493 e. The molecule has 3 rings (SSSR count). The molecule has 0 fully saturated rings. The maximum atomic E-state index is 10.7. The zero-order valence-electron chi connectivity index (χ0n) is 11.4. The number of rotatable bonds is 2. The average Bonchev–Trinajstić information content (AvgIpc) is 2.49. The smallest absolute Gasteiger partial charge is 0.128 e. The van der Waals surface area contributed by atoms with Crippen molar-refractivity contribution in [2.24, 2.45) is 0 Å². The first-order valence-corrected chi connectivity index (χ1v) is 7.24. The van der Waals surface area contributed by atoms with E-state index < -0.39 is 6.10 Å². The summed E-state index contributed by atoms with van der Waals surface area (Å²) >= 11 is 6.15. The fraction of sp³-hybridized carbons (Fsp3) is 0.294. The number of aryl methyl sites for hydroxylation is 1. The molecule has 1 N–H and O–H groups in total. The van der Waals surface area contributed by atoms with E-state index in [9.17, 15) is 5.11 Å². The van der Waals surface area contributed by atoms with Crippen LogP contribution in [-0.4, -0.2) is 11.7 Å². The highest BCUT2D eigenvalue weighted by Crippen LogP contribution is 2.37. The molecule has 20 heavy (non-hydrogen) atoms. The van der Waals surface area contributed by atoms with Crippen molar-refractivity contribution in [3.8, 4) is 5.75 Å². The van der Waals surface area contributed by atoms with Crippen LogP contribution in [0.3, 0.4) is 0 Å². The van der Waals surface area contributed by atoms with Crippen LogP contribution in [0.5, 0.6) is 5.75 Å². The lowest BCUT2D eigenvalue weighted by molar-refractivity contribution is 0.206. The number of hydrogen-bond donors (Lipinski definition) is 1. The number of halogens is 1. The summed E-state index contributed by atoms with van der Waals surface area (Å²) in [7, 11) is 0. The lowest BCUT2D eigenvalue weighted by Gasteiger charge is -2.23. The number of para-hydroxylation sites is 1. The molecular formula is C17H17ClO2. The Morgan fingerprint density at radius 1 is 1.15 bits per heavy atom. The Morgan fingerprint density at radius 3 is 2.75 bits per heavy atom. The predicted octanol–water partition coefficient (Wildman–Crippen LogP) is 4.06. The minimum atomic E-state index is -0.707. The van der Waals surface area contributed by atoms with Gasteiger partial charge in [-0.25, -0.2) is 0 Å². The van der Waals surface area contributed by atoms with E-state index in [1.54, 1.807) is 0 Å². The monoisotopic (exact) mass is 288 g/mol. The van der Waals surface area contributed by atoms with Gasteiger partial charge in [0.05, 0.1) is 6.61 Å². The lowest BCUT2D eigenvalue weighted by atomic mass is 9.93. The van der Waals surface area contributed by atoms with Crippen LogP contribution in [0.4, 0.5) is 0 Å². The Balaban J connectivity index is 2.07. The molecule has 1 heterocycles. The molecule has 0 spiro atoms. The number of benzene rings is 2. The highest BCUT2D eigenvalue weighted by molar-refractivity contribution is 6.31. The Morgan fingerprint density at radius 2 is 1.90 bits per heavy atom. The fourth-order valence-corrected chi connectivity index (χ4v) is 2.90. The van der Waals surface area contributed by atoms with Crippen molar-refractivity contribution in [1.82, 2.24) is 0 Å². The molecule has 1 aliphatic heterocycles. The van der Waals surface area contributed by atoms with E-state index >= 15 is 0 Å². The van der Waals surface area contributed by atoms with E-state index in [1.807, 2.05) is 37.3 Å². The molecule has 0 aliphatic carbocycles. The second-order valence-electron chi connectivity index (χ2n) is 5.14. The van der Waals surface area contributed by atoms with Crippen LogP contribution in [0.15, 0.2) is 36.4 Å². The second-order valence-corrected chi connectivity index (χ2v) is 5.55. The maximum absolute atomic E-state index is 10.7. The van der Waals surface area contributed by atoms with E-state index in [2.05, 4.69) is 6.07 Å². The molecule has 104 valence electrons. The number of aliphatic hydroxyl groups excluding tert-OH is 1. The minimum absolute atomic E-state index is 0.673. The Hall–Kier alpha value is -1.51. The molecular weight excluding hydrogens is 272 g/mol. The Bertz CT molecular complexity index is 637. The first kappa shape index (κ1) is 13.5. The van der Waals surface area contributed by atoms with Crippen LogP contribution in [0.25, 0.3) is 0 Å². The van der Waals surface area contributed by atoms with E-state index in [1.165, 1.54) is 5.56 Å². The van der Waals surface area contributed by atoms with E-state index in [-0.39, 0.29) is 0 Å². The molecule has 0 saturated carbocycles. The number of aliphatic hydroxyl groups is 1. The lowest BCUT2D eigenvalue weighted by Crippen LogP contribution is -2.13. The van der Waals surface area contributed by atoms with Crippen molar-refractivity contribution in [3.63, 3.8) is 0 Å². The van der Waals surface area contributed by atoms with Crippen LogP contribution >= 0.6 is 11.6 Å². The number of fused-ring (bicyclic) bond motifs is 1. The largest absolute Gasteiger partial charge is 0.493 e. The van der Waals surface area contributed by atoms with Gasteiger partial charge in [-0.1, -0.05) is 41.9 Å². The second kappa shape index (κ2) is 5.47. The van der Waals surface area contributed by atoms with Gasteiger partial charge in [0.2, 0.25) is 0 Å². The van der Waals surface area contributed by atoms with E-state index in [0.717, 1.165) is 35.3 Å². The number of ether oxygens (including phenoxy) is 1. The Kier molecular flexibility index (Phi) is 3.68. The van der Waals surface area contributed by atoms with Gasteiger partial charge in [0.25, 0.3) is 0 Å². The van der Waals surface area contributed by atoms with Crippen LogP contribution in [0.1, 0.15) is 34.8 Å². The summed E-state index contributed by atoms with van der Waals surface area (Å²) in [6.07, 6.45) is 1.33. The first-order chi connectivity index (χ1) is 9.68. The van der Waals surface area contributed by atoms with Crippen LogP contribution in [0, 0.1) is 6.92 Å². The van der Waals surface area contributed by atoms with Gasteiger partial charge in [0.15, 0.2) is 0 Å². The van der Waals surface area contributed by atoms with Gasteiger partial charge in [-0.3, -0.25) is 0 Å². The Labute approximate surface area is 124 Å². The first-order valence-electron chi connectivity index (χ1n) is 6.86. The highest BCUT2D eigenvalue weighted by atomic mass is 35.5. The summed E-state index contributed by atoms with van der Waals surface area (Å²) in [5, 5.41) is 11.4. The normalized spacial score (nSPS) is 15.3. The predicted molar refractivity (Wildman–Crippen MR) is 80.5 cm³/mol. The summed E-state index contributed by atoms with van der Waals surface area (Å²) in [4.78, 5) is 0. The van der Waals surface area contributed by atoms with Gasteiger partial charge in [0, 0.05) is 10.6 Å². The molecule has 1 unspecified atom stereocenters. The summed E-state index contributed by atoms with van der Waals surface area (Å²) in [5.74, 6) is 0.839. The van der Waals surface area contributed by atoms with Crippen molar-refractivity contribution in [2.45, 2.75) is 25.9 Å². The molecule has 0 bridgehead atoms. The van der Waals surface area contributed by atoms with Gasteiger partial charge in [-0.2, -0.15) is 0 Å². The van der Waals surface area contributed by atoms with Crippen LogP contribution in [0.2, 0.25) is 5.02 Å². The molecule has 2 nitrogen and oxygen atoms in total. The summed E-state index contributed by atoms with van der Waals surface area (Å²) in [5.41, 5.74) is 3.75. The molecule has 0 amide bonds. The van der Waals surface area contributed by atoms with Gasteiger partial charge >= 0.3 is 0 Å². The molecule has 3 heteroatoms. The van der Waals surface area contributed by atoms with Gasteiger partial charge in [-0.05, 0) is 42.5 Å². The maximum Gasteiger partial charge on any atom is 0.128 e. The molecule has 0 aromatic heterocycles. The summed E-state index contributed by atoms with van der Waals surface area (Å²) < 4.78 is 5.77. The van der Waals surface area contributed by atoms with Crippen molar-refractivity contribution < 1.29 is 9.84 Å². The van der Waals surface area contributed by atoms with Crippen molar-refractivity contribution in [2.75, 3.05) is 6.61 Å². The van der Waals surface area contributed by atoms with E-state index in [0.29, 0.717) is 11.6 Å². The quantitative estimate of drug-likeness (QED) is 0.903. The van der Waals surface area contributed by atoms with Crippen molar-refractivity contribution in [1.29, 1.82) is 0 Å². The van der Waals surface area contributed by atoms with Crippen LogP contribution < -0.4 is 4.74 Å². The van der Waals surface area contributed by atoms with Gasteiger partial charge in [0.1, 0.15) is 11.9 Å². The molecule has 2 aromatic rings. The molecule has 1 aliphatic rings. The summed E-state index contributed by atoms with van der Waals surface area (Å²) in [6, 6.07) is 11.6. The highest BCUT2D eigenvalue weighted by Gasteiger charge is 2.22. The third-order valence-electron chi connectivity index (χ3n) is 3.86. The molecule has 0 saturated heterocycles. The zero-order chi connectivity index (χ0) is 14.1. The van der Waals surface area contributed by atoms with Crippen molar-refractivity contribution in [3.05, 3.63) is 63.7 Å². The van der Waals surface area contributed by atoms with Gasteiger partial charge < -0.3 is 9.84 Å². The van der Waals surface area contributed by atoms with E-state index in [4.69, 9.17) is 16.3 Å². The van der Waals surface area contributed by atoms with Gasteiger partial charge in [-0.15, -0.1) is 0 Å². The summed E-state index contributed by atoms with van der Waals surface area (Å²) in [6.45, 7) is 2.64. The SMILES string of the molecule is Cc1c(Cl)cccc1C(O)c1cccc2c1OCCC2. The van der Waals surface area contributed by atoms with Crippen molar-refractivity contribution >= 4 is 11.6 Å². The zero-order valence-corrected chi connectivity index (χ0v) is 12.2.